The lowest BCUT2D eigenvalue weighted by molar-refractivity contribution is -0.154. The van der Waals surface area contributed by atoms with Crippen LogP contribution in [0.4, 0.5) is 0 Å². The van der Waals surface area contributed by atoms with Crippen LogP contribution in [0.15, 0.2) is 0 Å². The van der Waals surface area contributed by atoms with E-state index in [-0.39, 0.29) is 17.6 Å². The predicted molar refractivity (Wildman–Crippen MR) is 84.8 cm³/mol. The average Bonchev–Trinajstić information content (AvgIpc) is 2.95. The van der Waals surface area contributed by atoms with Gasteiger partial charge in [0.05, 0.1) is 31.3 Å². The number of nitrogens with zero attached hydrogens (tertiary/aromatic N) is 2. The fraction of sp³-hybridized carbons (Fsp3) is 0.941. The number of hydrogen-bond donors (Lipinski definition) is 0. The summed E-state index contributed by atoms with van der Waals surface area (Å²) < 4.78 is 11.8. The molecule has 0 radical (unpaired) electrons. The minimum atomic E-state index is -0.0364. The summed E-state index contributed by atoms with van der Waals surface area (Å²) in [7, 11) is 0. The quantitative estimate of drug-likeness (QED) is 0.795. The molecule has 2 aliphatic heterocycles. The Morgan fingerprint density at radius 3 is 2.73 bits per heavy atom. The van der Waals surface area contributed by atoms with Crippen molar-refractivity contribution in [2.24, 2.45) is 0 Å². The number of rotatable bonds is 3. The van der Waals surface area contributed by atoms with E-state index in [1.54, 1.807) is 0 Å². The van der Waals surface area contributed by atoms with E-state index in [1.165, 1.54) is 12.8 Å². The van der Waals surface area contributed by atoms with Gasteiger partial charge in [-0.2, -0.15) is 0 Å². The number of carbonyl (C=O) groups is 1. The van der Waals surface area contributed by atoms with Gasteiger partial charge in [0.15, 0.2) is 0 Å². The molecule has 3 fully saturated rings. The highest BCUT2D eigenvalue weighted by molar-refractivity contribution is 5.77. The van der Waals surface area contributed by atoms with Crippen LogP contribution in [0.25, 0.3) is 0 Å². The van der Waals surface area contributed by atoms with Crippen molar-refractivity contribution in [1.29, 1.82) is 0 Å². The van der Waals surface area contributed by atoms with E-state index >= 15 is 0 Å². The van der Waals surface area contributed by atoms with Gasteiger partial charge in [0.25, 0.3) is 0 Å². The van der Waals surface area contributed by atoms with Crippen LogP contribution in [-0.4, -0.2) is 72.8 Å². The molecule has 126 valence electrons. The number of ether oxygens (including phenoxy) is 2. The Balaban J connectivity index is 1.53. The Kier molecular flexibility index (Phi) is 5.05. The highest BCUT2D eigenvalue weighted by Gasteiger charge is 2.41. The van der Waals surface area contributed by atoms with Crippen LogP contribution >= 0.6 is 0 Å². The third kappa shape index (κ3) is 3.63. The average molecular weight is 310 g/mol. The van der Waals surface area contributed by atoms with Gasteiger partial charge in [-0.3, -0.25) is 9.69 Å². The van der Waals surface area contributed by atoms with Crippen LogP contribution < -0.4 is 0 Å². The van der Waals surface area contributed by atoms with E-state index in [0.29, 0.717) is 19.1 Å². The number of morpholine rings is 2. The lowest BCUT2D eigenvalue weighted by atomic mass is 9.99. The van der Waals surface area contributed by atoms with Crippen LogP contribution in [0.2, 0.25) is 0 Å². The minimum Gasteiger partial charge on any atom is -0.375 e. The van der Waals surface area contributed by atoms with Gasteiger partial charge in [0.1, 0.15) is 0 Å². The molecule has 0 aromatic rings. The molecule has 22 heavy (non-hydrogen) atoms. The van der Waals surface area contributed by atoms with Crippen LogP contribution in [0.5, 0.6) is 0 Å². The van der Waals surface area contributed by atoms with Crippen LogP contribution in [0.3, 0.4) is 0 Å². The Labute approximate surface area is 133 Å². The summed E-state index contributed by atoms with van der Waals surface area (Å²) in [6.45, 7) is 9.21. The molecule has 3 aliphatic rings. The molecule has 2 saturated heterocycles. The molecular formula is C17H30N2O3. The van der Waals surface area contributed by atoms with Crippen molar-refractivity contribution in [2.45, 2.75) is 63.7 Å². The zero-order chi connectivity index (χ0) is 15.6. The minimum absolute atomic E-state index is 0.0364. The zero-order valence-corrected chi connectivity index (χ0v) is 14.1. The molecule has 0 aromatic carbocycles. The van der Waals surface area contributed by atoms with Gasteiger partial charge in [-0.15, -0.1) is 0 Å². The molecule has 0 aromatic heterocycles. The standard InChI is InChI=1S/C17H30N2O3/c1-14(2)18-7-9-21-15(12-18)11-16(20)19-8-10-22-17(13-19)5-3-4-6-17/h14-15H,3-13H2,1-2H3/t15-/m1/s1. The summed E-state index contributed by atoms with van der Waals surface area (Å²) in [5.41, 5.74) is -0.0364. The number of hydrogen-bond acceptors (Lipinski definition) is 4. The van der Waals surface area contributed by atoms with Gasteiger partial charge in [0, 0.05) is 32.2 Å². The Bertz CT molecular complexity index is 393. The molecule has 2 heterocycles. The maximum atomic E-state index is 12.7. The van der Waals surface area contributed by atoms with Crippen LogP contribution in [-0.2, 0) is 14.3 Å². The Morgan fingerprint density at radius 2 is 2.00 bits per heavy atom. The van der Waals surface area contributed by atoms with Gasteiger partial charge in [-0.1, -0.05) is 12.8 Å². The lowest BCUT2D eigenvalue weighted by Crippen LogP contribution is -2.54. The normalized spacial score (nSPS) is 29.4. The topological polar surface area (TPSA) is 42.0 Å². The Morgan fingerprint density at radius 1 is 1.23 bits per heavy atom. The van der Waals surface area contributed by atoms with Crippen molar-refractivity contribution >= 4 is 5.91 Å². The second-order valence-corrected chi connectivity index (χ2v) is 7.34. The molecule has 1 amide bonds. The molecule has 0 bridgehead atoms. The monoisotopic (exact) mass is 310 g/mol. The first-order chi connectivity index (χ1) is 10.6. The van der Waals surface area contributed by atoms with E-state index in [0.717, 1.165) is 45.6 Å². The predicted octanol–water partition coefficient (Wildman–Crippen LogP) is 1.66. The van der Waals surface area contributed by atoms with E-state index < -0.39 is 0 Å². The molecule has 0 N–H and O–H groups in total. The molecule has 1 aliphatic carbocycles. The van der Waals surface area contributed by atoms with Crippen molar-refractivity contribution < 1.29 is 14.3 Å². The molecular weight excluding hydrogens is 280 g/mol. The fourth-order valence-electron chi connectivity index (χ4n) is 4.04. The second kappa shape index (κ2) is 6.85. The lowest BCUT2D eigenvalue weighted by Gasteiger charge is -2.41. The van der Waals surface area contributed by atoms with Gasteiger partial charge in [-0.25, -0.2) is 0 Å². The summed E-state index contributed by atoms with van der Waals surface area (Å²) >= 11 is 0. The molecule has 1 spiro atoms. The summed E-state index contributed by atoms with van der Waals surface area (Å²) in [6.07, 6.45) is 5.24. The van der Waals surface area contributed by atoms with Gasteiger partial charge in [0.2, 0.25) is 5.91 Å². The fourth-order valence-corrected chi connectivity index (χ4v) is 4.04. The molecule has 0 unspecified atom stereocenters. The summed E-state index contributed by atoms with van der Waals surface area (Å²) in [4.78, 5) is 17.1. The summed E-state index contributed by atoms with van der Waals surface area (Å²) in [5, 5.41) is 0. The third-order valence-electron chi connectivity index (χ3n) is 5.42. The second-order valence-electron chi connectivity index (χ2n) is 7.34. The van der Waals surface area contributed by atoms with Gasteiger partial charge >= 0.3 is 0 Å². The van der Waals surface area contributed by atoms with Gasteiger partial charge < -0.3 is 14.4 Å². The van der Waals surface area contributed by atoms with Crippen molar-refractivity contribution in [2.75, 3.05) is 39.4 Å². The summed E-state index contributed by atoms with van der Waals surface area (Å²) in [6, 6.07) is 0.520. The molecule has 1 saturated carbocycles. The van der Waals surface area contributed by atoms with Crippen LogP contribution in [0, 0.1) is 0 Å². The first-order valence-corrected chi connectivity index (χ1v) is 8.85. The van der Waals surface area contributed by atoms with Crippen molar-refractivity contribution in [3.05, 3.63) is 0 Å². The SMILES string of the molecule is CC(C)N1CCO[C@H](CC(=O)N2CCOC3(CCCC3)C2)C1. The van der Waals surface area contributed by atoms with Gasteiger partial charge in [-0.05, 0) is 26.7 Å². The first kappa shape index (κ1) is 16.2. The smallest absolute Gasteiger partial charge is 0.225 e. The molecule has 5 heteroatoms. The zero-order valence-electron chi connectivity index (χ0n) is 14.1. The maximum Gasteiger partial charge on any atom is 0.225 e. The van der Waals surface area contributed by atoms with E-state index in [1.807, 2.05) is 4.90 Å². The van der Waals surface area contributed by atoms with Crippen molar-refractivity contribution in [3.63, 3.8) is 0 Å². The maximum absolute atomic E-state index is 12.7. The van der Waals surface area contributed by atoms with Crippen molar-refractivity contribution in [3.8, 4) is 0 Å². The number of carbonyl (C=O) groups excluding carboxylic acids is 1. The summed E-state index contributed by atoms with van der Waals surface area (Å²) in [5.74, 6) is 0.241. The van der Waals surface area contributed by atoms with E-state index in [4.69, 9.17) is 9.47 Å². The molecule has 1 atom stereocenters. The van der Waals surface area contributed by atoms with E-state index in [9.17, 15) is 4.79 Å². The van der Waals surface area contributed by atoms with Crippen LogP contribution in [0.1, 0.15) is 46.0 Å². The molecule has 5 nitrogen and oxygen atoms in total. The number of amides is 1. The van der Waals surface area contributed by atoms with Crippen molar-refractivity contribution in [1.82, 2.24) is 9.80 Å². The Hall–Kier alpha value is -0.650. The first-order valence-electron chi connectivity index (χ1n) is 8.85. The highest BCUT2D eigenvalue weighted by atomic mass is 16.5. The van der Waals surface area contributed by atoms with E-state index in [2.05, 4.69) is 18.7 Å². The largest absolute Gasteiger partial charge is 0.375 e. The third-order valence-corrected chi connectivity index (χ3v) is 5.42. The molecule has 3 rings (SSSR count). The highest BCUT2D eigenvalue weighted by Crippen LogP contribution is 2.36.